The Morgan fingerprint density at radius 3 is 2.75 bits per heavy atom. The molecule has 0 saturated heterocycles. The third-order valence-electron chi connectivity index (χ3n) is 2.73. The summed E-state index contributed by atoms with van der Waals surface area (Å²) in [7, 11) is 0. The summed E-state index contributed by atoms with van der Waals surface area (Å²) in [5.41, 5.74) is -0.615. The molecule has 1 aromatic heterocycles. The number of carbonyl (C=O) groups excluding carboxylic acids is 1. The summed E-state index contributed by atoms with van der Waals surface area (Å²) in [5.74, 6) is -0.920. The predicted octanol–water partition coefficient (Wildman–Crippen LogP) is 1.40. The fraction of sp³-hybridized carbons (Fsp3) is 0.364. The van der Waals surface area contributed by atoms with E-state index in [1.807, 2.05) is 0 Å². The molecule has 16 heavy (non-hydrogen) atoms. The number of nitrogens with one attached hydrogen (secondary N) is 1. The first-order valence-corrected chi connectivity index (χ1v) is 5.00. The Balaban J connectivity index is 2.09. The second-order valence-electron chi connectivity index (χ2n) is 3.86. The van der Waals surface area contributed by atoms with Crippen molar-refractivity contribution in [2.75, 3.05) is 0 Å². The summed E-state index contributed by atoms with van der Waals surface area (Å²) >= 11 is 0. The van der Waals surface area contributed by atoms with E-state index in [4.69, 9.17) is 5.26 Å². The van der Waals surface area contributed by atoms with E-state index in [0.29, 0.717) is 12.8 Å². The van der Waals surface area contributed by atoms with Gasteiger partial charge in [0.25, 0.3) is 5.91 Å². The molecule has 5 heteroatoms. The largest absolute Gasteiger partial charge is 0.332 e. The lowest BCUT2D eigenvalue weighted by atomic mass is 9.78. The number of hydrogen-bond donors (Lipinski definition) is 1. The second kappa shape index (κ2) is 3.89. The summed E-state index contributed by atoms with van der Waals surface area (Å²) in [5, 5.41) is 11.6. The third-order valence-corrected chi connectivity index (χ3v) is 2.73. The molecule has 2 rings (SSSR count). The number of nitrogens with zero attached hydrogens (tertiary/aromatic N) is 2. The number of nitriles is 1. The lowest BCUT2D eigenvalue weighted by Gasteiger charge is -2.35. The molecule has 1 aliphatic rings. The Hall–Kier alpha value is -1.96. The Morgan fingerprint density at radius 2 is 2.31 bits per heavy atom. The maximum absolute atomic E-state index is 12.6. The van der Waals surface area contributed by atoms with Crippen molar-refractivity contribution in [3.8, 4) is 6.07 Å². The number of amides is 1. The molecule has 0 aliphatic heterocycles. The maximum Gasteiger partial charge on any atom is 0.271 e. The van der Waals surface area contributed by atoms with Gasteiger partial charge in [-0.25, -0.2) is 9.37 Å². The van der Waals surface area contributed by atoms with Gasteiger partial charge in [-0.05, 0) is 31.4 Å². The van der Waals surface area contributed by atoms with Gasteiger partial charge in [-0.15, -0.1) is 0 Å². The summed E-state index contributed by atoms with van der Waals surface area (Å²) in [6.07, 6.45) is 3.24. The molecular weight excluding hydrogens is 209 g/mol. The molecule has 1 fully saturated rings. The minimum Gasteiger partial charge on any atom is -0.332 e. The van der Waals surface area contributed by atoms with Crippen LogP contribution in [0.15, 0.2) is 18.3 Å². The van der Waals surface area contributed by atoms with E-state index in [9.17, 15) is 9.18 Å². The van der Waals surface area contributed by atoms with Gasteiger partial charge >= 0.3 is 0 Å². The van der Waals surface area contributed by atoms with Crippen LogP contribution in [-0.2, 0) is 0 Å². The topological polar surface area (TPSA) is 65.8 Å². The van der Waals surface area contributed by atoms with Crippen molar-refractivity contribution >= 4 is 5.91 Å². The second-order valence-corrected chi connectivity index (χ2v) is 3.86. The maximum atomic E-state index is 12.6. The first kappa shape index (κ1) is 10.6. The highest BCUT2D eigenvalue weighted by Crippen LogP contribution is 2.31. The van der Waals surface area contributed by atoms with Crippen LogP contribution in [0, 0.1) is 17.1 Å². The molecule has 82 valence electrons. The van der Waals surface area contributed by atoms with E-state index in [-0.39, 0.29) is 5.69 Å². The van der Waals surface area contributed by atoms with Gasteiger partial charge in [0.2, 0.25) is 0 Å². The van der Waals surface area contributed by atoms with Crippen LogP contribution < -0.4 is 5.32 Å². The van der Waals surface area contributed by atoms with Crippen LogP contribution >= 0.6 is 0 Å². The van der Waals surface area contributed by atoms with Gasteiger partial charge in [0.1, 0.15) is 17.1 Å². The van der Waals surface area contributed by atoms with Crippen LogP contribution in [-0.4, -0.2) is 16.4 Å². The molecule has 1 N–H and O–H groups in total. The highest BCUT2D eigenvalue weighted by atomic mass is 19.1. The molecule has 0 radical (unpaired) electrons. The number of carbonyl (C=O) groups is 1. The molecule has 1 aromatic rings. The van der Waals surface area contributed by atoms with Crippen molar-refractivity contribution < 1.29 is 9.18 Å². The van der Waals surface area contributed by atoms with Crippen LogP contribution in [0.3, 0.4) is 0 Å². The normalized spacial score (nSPS) is 17.0. The van der Waals surface area contributed by atoms with E-state index in [1.165, 1.54) is 12.1 Å². The zero-order chi connectivity index (χ0) is 11.6. The van der Waals surface area contributed by atoms with E-state index in [2.05, 4.69) is 16.4 Å². The minimum atomic E-state index is -0.743. The molecule has 1 amide bonds. The first-order chi connectivity index (χ1) is 7.65. The van der Waals surface area contributed by atoms with Gasteiger partial charge < -0.3 is 5.32 Å². The van der Waals surface area contributed by atoms with Crippen molar-refractivity contribution in [3.05, 3.63) is 29.8 Å². The van der Waals surface area contributed by atoms with Crippen molar-refractivity contribution in [3.63, 3.8) is 0 Å². The molecule has 4 nitrogen and oxygen atoms in total. The molecule has 0 atom stereocenters. The fourth-order valence-corrected chi connectivity index (χ4v) is 1.59. The van der Waals surface area contributed by atoms with Crippen LogP contribution in [0.2, 0.25) is 0 Å². The van der Waals surface area contributed by atoms with E-state index >= 15 is 0 Å². The smallest absolute Gasteiger partial charge is 0.271 e. The molecule has 0 unspecified atom stereocenters. The summed E-state index contributed by atoms with van der Waals surface area (Å²) in [6.45, 7) is 0. The van der Waals surface area contributed by atoms with Crippen LogP contribution in [0.5, 0.6) is 0 Å². The molecule has 0 bridgehead atoms. The van der Waals surface area contributed by atoms with E-state index in [0.717, 1.165) is 12.6 Å². The standard InChI is InChI=1S/C11H10FN3O/c12-8-2-3-9(14-6-8)10(16)15-11(7-13)4-1-5-11/h2-3,6H,1,4-5H2,(H,15,16). The fourth-order valence-electron chi connectivity index (χ4n) is 1.59. The molecule has 0 aromatic carbocycles. The molecule has 0 spiro atoms. The van der Waals surface area contributed by atoms with Crippen molar-refractivity contribution in [1.82, 2.24) is 10.3 Å². The number of hydrogen-bond acceptors (Lipinski definition) is 3. The predicted molar refractivity (Wildman–Crippen MR) is 53.9 cm³/mol. The van der Waals surface area contributed by atoms with Gasteiger partial charge in [-0.3, -0.25) is 4.79 Å². The number of pyridine rings is 1. The summed E-state index contributed by atoms with van der Waals surface area (Å²) in [6, 6.07) is 4.56. The lowest BCUT2D eigenvalue weighted by molar-refractivity contribution is 0.0876. The van der Waals surface area contributed by atoms with Crippen LogP contribution in [0.1, 0.15) is 29.8 Å². The highest BCUT2D eigenvalue weighted by Gasteiger charge is 2.38. The Bertz CT molecular complexity index is 445. The summed E-state index contributed by atoms with van der Waals surface area (Å²) < 4.78 is 12.6. The highest BCUT2D eigenvalue weighted by molar-refractivity contribution is 5.93. The zero-order valence-corrected chi connectivity index (χ0v) is 8.53. The SMILES string of the molecule is N#CC1(NC(=O)c2ccc(F)cn2)CCC1. The van der Waals surface area contributed by atoms with Crippen LogP contribution in [0.25, 0.3) is 0 Å². The molecule has 1 heterocycles. The quantitative estimate of drug-likeness (QED) is 0.817. The first-order valence-electron chi connectivity index (χ1n) is 5.00. The van der Waals surface area contributed by atoms with Gasteiger partial charge in [0, 0.05) is 0 Å². The van der Waals surface area contributed by atoms with Crippen LogP contribution in [0.4, 0.5) is 4.39 Å². The van der Waals surface area contributed by atoms with Gasteiger partial charge in [0.05, 0.1) is 12.3 Å². The van der Waals surface area contributed by atoms with E-state index in [1.54, 1.807) is 0 Å². The molecular formula is C11H10FN3O. The van der Waals surface area contributed by atoms with Gasteiger partial charge in [-0.2, -0.15) is 5.26 Å². The van der Waals surface area contributed by atoms with Crippen molar-refractivity contribution in [2.45, 2.75) is 24.8 Å². The Morgan fingerprint density at radius 1 is 1.56 bits per heavy atom. The monoisotopic (exact) mass is 219 g/mol. The molecule has 1 aliphatic carbocycles. The Kier molecular flexibility index (Phi) is 2.57. The lowest BCUT2D eigenvalue weighted by Crippen LogP contribution is -2.52. The molecule has 1 saturated carbocycles. The Labute approximate surface area is 92.1 Å². The number of rotatable bonds is 2. The van der Waals surface area contributed by atoms with Gasteiger partial charge in [-0.1, -0.05) is 0 Å². The summed E-state index contributed by atoms with van der Waals surface area (Å²) in [4.78, 5) is 15.3. The van der Waals surface area contributed by atoms with Crippen molar-refractivity contribution in [2.24, 2.45) is 0 Å². The number of halogens is 1. The number of aromatic nitrogens is 1. The third kappa shape index (κ3) is 1.87. The van der Waals surface area contributed by atoms with E-state index < -0.39 is 17.3 Å². The minimum absolute atomic E-state index is 0.128. The van der Waals surface area contributed by atoms with Gasteiger partial charge in [0.15, 0.2) is 0 Å². The average molecular weight is 219 g/mol. The van der Waals surface area contributed by atoms with Crippen molar-refractivity contribution in [1.29, 1.82) is 5.26 Å². The zero-order valence-electron chi connectivity index (χ0n) is 8.53. The average Bonchev–Trinajstić information content (AvgIpc) is 2.24.